The molecule has 1 aromatic carbocycles. The number of rotatable bonds is 4. The zero-order valence-corrected chi connectivity index (χ0v) is 9.81. The van der Waals surface area contributed by atoms with E-state index in [-0.39, 0.29) is 18.2 Å². The van der Waals surface area contributed by atoms with Crippen molar-refractivity contribution in [3.05, 3.63) is 18.2 Å². The monoisotopic (exact) mass is 259 g/mol. The molecule has 17 heavy (non-hydrogen) atoms. The summed E-state index contributed by atoms with van der Waals surface area (Å²) in [6.07, 6.45) is -1.06. The summed E-state index contributed by atoms with van der Waals surface area (Å²) in [5.41, 5.74) is 5.19. The molecule has 0 bridgehead atoms. The van der Waals surface area contributed by atoms with Gasteiger partial charge in [-0.2, -0.15) is 0 Å². The molecule has 1 heterocycles. The number of sulfone groups is 1. The third-order valence-corrected chi connectivity index (χ3v) is 4.18. The van der Waals surface area contributed by atoms with Crippen LogP contribution in [0.2, 0.25) is 0 Å². The van der Waals surface area contributed by atoms with E-state index in [0.29, 0.717) is 11.5 Å². The van der Waals surface area contributed by atoms with E-state index in [1.165, 1.54) is 18.2 Å². The fourth-order valence-corrected chi connectivity index (χ4v) is 2.88. The van der Waals surface area contributed by atoms with E-state index in [2.05, 4.69) is 0 Å². The number of nitrogens with two attached hydrogens (primary N) is 1. The molecule has 7 heteroatoms. The second kappa shape index (κ2) is 4.52. The average molecular weight is 259 g/mol. The van der Waals surface area contributed by atoms with Crippen LogP contribution < -0.4 is 15.2 Å². The molecular formula is C10H13NO5S. The third kappa shape index (κ3) is 2.51. The van der Waals surface area contributed by atoms with Crippen molar-refractivity contribution in [2.24, 2.45) is 5.73 Å². The Kier molecular flexibility index (Phi) is 3.23. The maximum absolute atomic E-state index is 11.9. The topological polar surface area (TPSA) is 98.9 Å². The maximum Gasteiger partial charge on any atom is 0.231 e. The van der Waals surface area contributed by atoms with Crippen LogP contribution in [0.5, 0.6) is 11.5 Å². The average Bonchev–Trinajstić information content (AvgIpc) is 2.75. The van der Waals surface area contributed by atoms with E-state index in [1.807, 2.05) is 0 Å². The van der Waals surface area contributed by atoms with Gasteiger partial charge in [0.2, 0.25) is 6.79 Å². The number of aliphatic hydroxyl groups is 1. The Morgan fingerprint density at radius 2 is 2.06 bits per heavy atom. The van der Waals surface area contributed by atoms with Crippen molar-refractivity contribution in [2.45, 2.75) is 11.0 Å². The third-order valence-electron chi connectivity index (χ3n) is 2.39. The van der Waals surface area contributed by atoms with Gasteiger partial charge < -0.3 is 20.3 Å². The molecule has 0 amide bonds. The second-order valence-electron chi connectivity index (χ2n) is 3.69. The normalized spacial score (nSPS) is 15.9. The zero-order valence-electron chi connectivity index (χ0n) is 9.00. The number of ether oxygens (including phenoxy) is 2. The molecule has 1 aliphatic rings. The highest BCUT2D eigenvalue weighted by molar-refractivity contribution is 7.91. The Bertz CT molecular complexity index is 513. The van der Waals surface area contributed by atoms with Crippen molar-refractivity contribution in [1.29, 1.82) is 0 Å². The molecule has 1 atom stereocenters. The van der Waals surface area contributed by atoms with E-state index in [1.54, 1.807) is 0 Å². The van der Waals surface area contributed by atoms with Crippen LogP contribution in [0.3, 0.4) is 0 Å². The van der Waals surface area contributed by atoms with Gasteiger partial charge in [-0.3, -0.25) is 0 Å². The summed E-state index contributed by atoms with van der Waals surface area (Å²) in [4.78, 5) is 0.0919. The maximum atomic E-state index is 11.9. The molecule has 3 N–H and O–H groups in total. The van der Waals surface area contributed by atoms with Crippen molar-refractivity contribution in [1.82, 2.24) is 0 Å². The van der Waals surface area contributed by atoms with Gasteiger partial charge in [-0.05, 0) is 12.1 Å². The summed E-state index contributed by atoms with van der Waals surface area (Å²) in [5, 5.41) is 9.29. The van der Waals surface area contributed by atoms with Crippen LogP contribution in [0.15, 0.2) is 23.1 Å². The van der Waals surface area contributed by atoms with Gasteiger partial charge in [-0.15, -0.1) is 0 Å². The minimum Gasteiger partial charge on any atom is -0.454 e. The minimum absolute atomic E-state index is 0.0876. The first kappa shape index (κ1) is 12.2. The zero-order chi connectivity index (χ0) is 12.5. The molecule has 0 aromatic heterocycles. The van der Waals surface area contributed by atoms with Crippen molar-refractivity contribution in [3.63, 3.8) is 0 Å². The second-order valence-corrected chi connectivity index (χ2v) is 5.72. The van der Waals surface area contributed by atoms with Crippen LogP contribution in [0, 0.1) is 0 Å². The predicted molar refractivity (Wildman–Crippen MR) is 59.7 cm³/mol. The van der Waals surface area contributed by atoms with E-state index in [0.717, 1.165) is 0 Å². The molecule has 0 saturated heterocycles. The van der Waals surface area contributed by atoms with Gasteiger partial charge in [0.05, 0.1) is 16.8 Å². The summed E-state index contributed by atoms with van der Waals surface area (Å²) >= 11 is 0. The van der Waals surface area contributed by atoms with Crippen LogP contribution in [0.1, 0.15) is 0 Å². The van der Waals surface area contributed by atoms with E-state index >= 15 is 0 Å². The largest absolute Gasteiger partial charge is 0.454 e. The lowest BCUT2D eigenvalue weighted by Gasteiger charge is -2.09. The number of aliphatic hydroxyl groups excluding tert-OH is 1. The van der Waals surface area contributed by atoms with Gasteiger partial charge in [-0.25, -0.2) is 8.42 Å². The van der Waals surface area contributed by atoms with Gasteiger partial charge in [0, 0.05) is 12.6 Å². The number of hydrogen-bond acceptors (Lipinski definition) is 6. The summed E-state index contributed by atoms with van der Waals surface area (Å²) in [6.45, 7) is -0.00591. The van der Waals surface area contributed by atoms with E-state index < -0.39 is 21.7 Å². The molecule has 0 fully saturated rings. The quantitative estimate of drug-likeness (QED) is 0.757. The van der Waals surface area contributed by atoms with E-state index in [4.69, 9.17) is 15.2 Å². The predicted octanol–water partition coefficient (Wildman–Crippen LogP) is -0.491. The first-order valence-corrected chi connectivity index (χ1v) is 6.68. The number of hydrogen-bond donors (Lipinski definition) is 2. The van der Waals surface area contributed by atoms with Crippen LogP contribution in [-0.4, -0.2) is 38.7 Å². The molecule has 0 radical (unpaired) electrons. The lowest BCUT2D eigenvalue weighted by Crippen LogP contribution is -2.28. The first-order chi connectivity index (χ1) is 8.03. The van der Waals surface area contributed by atoms with Gasteiger partial charge >= 0.3 is 0 Å². The molecular weight excluding hydrogens is 246 g/mol. The summed E-state index contributed by atoms with van der Waals surface area (Å²) in [7, 11) is -3.56. The number of benzene rings is 1. The highest BCUT2D eigenvalue weighted by atomic mass is 32.2. The Labute approximate surface area is 98.9 Å². The van der Waals surface area contributed by atoms with Gasteiger partial charge in [0.25, 0.3) is 0 Å². The smallest absolute Gasteiger partial charge is 0.231 e. The van der Waals surface area contributed by atoms with Crippen LogP contribution in [0.25, 0.3) is 0 Å². The fourth-order valence-electron chi connectivity index (χ4n) is 1.49. The molecule has 94 valence electrons. The number of fused-ring (bicyclic) bond motifs is 1. The highest BCUT2D eigenvalue weighted by Gasteiger charge is 2.22. The molecule has 6 nitrogen and oxygen atoms in total. The SMILES string of the molecule is NCC(O)CS(=O)(=O)c1ccc2c(c1)OCO2. The summed E-state index contributed by atoms with van der Waals surface area (Å²) in [5.74, 6) is 0.514. The Morgan fingerprint density at radius 1 is 1.35 bits per heavy atom. The molecule has 2 rings (SSSR count). The molecule has 1 aliphatic heterocycles. The highest BCUT2D eigenvalue weighted by Crippen LogP contribution is 2.34. The fraction of sp³-hybridized carbons (Fsp3) is 0.400. The van der Waals surface area contributed by atoms with Gasteiger partial charge in [-0.1, -0.05) is 0 Å². The molecule has 1 aromatic rings. The van der Waals surface area contributed by atoms with E-state index in [9.17, 15) is 13.5 Å². The lowest BCUT2D eigenvalue weighted by atomic mass is 10.3. The molecule has 0 aliphatic carbocycles. The van der Waals surface area contributed by atoms with Crippen molar-refractivity contribution in [2.75, 3.05) is 19.1 Å². The van der Waals surface area contributed by atoms with Crippen molar-refractivity contribution >= 4 is 9.84 Å². The van der Waals surface area contributed by atoms with Gasteiger partial charge in [0.1, 0.15) is 0 Å². The van der Waals surface area contributed by atoms with Crippen LogP contribution in [-0.2, 0) is 9.84 Å². The molecule has 0 spiro atoms. The molecule has 0 saturated carbocycles. The van der Waals surface area contributed by atoms with Crippen LogP contribution >= 0.6 is 0 Å². The Morgan fingerprint density at radius 3 is 2.76 bits per heavy atom. The molecule has 1 unspecified atom stereocenters. The standard InChI is InChI=1S/C10H13NO5S/c11-4-7(12)5-17(13,14)8-1-2-9-10(3-8)16-6-15-9/h1-3,7,12H,4-6,11H2. The first-order valence-electron chi connectivity index (χ1n) is 5.03. The van der Waals surface area contributed by atoms with Crippen molar-refractivity contribution in [3.8, 4) is 11.5 Å². The Balaban J connectivity index is 2.28. The minimum atomic E-state index is -3.56. The lowest BCUT2D eigenvalue weighted by molar-refractivity contribution is 0.174. The van der Waals surface area contributed by atoms with Crippen LogP contribution in [0.4, 0.5) is 0 Å². The Hall–Kier alpha value is -1.31. The summed E-state index contributed by atoms with van der Waals surface area (Å²) in [6, 6.07) is 4.34. The summed E-state index contributed by atoms with van der Waals surface area (Å²) < 4.78 is 34.0. The van der Waals surface area contributed by atoms with Crippen molar-refractivity contribution < 1.29 is 23.0 Å². The van der Waals surface area contributed by atoms with Gasteiger partial charge in [0.15, 0.2) is 21.3 Å².